The summed E-state index contributed by atoms with van der Waals surface area (Å²) in [5.74, 6) is 1.48. The van der Waals surface area contributed by atoms with Gasteiger partial charge in [0, 0.05) is 17.0 Å². The van der Waals surface area contributed by atoms with Gasteiger partial charge in [-0.15, -0.1) is 11.8 Å². The van der Waals surface area contributed by atoms with Gasteiger partial charge in [0.25, 0.3) is 0 Å². The highest BCUT2D eigenvalue weighted by atomic mass is 35.5. The summed E-state index contributed by atoms with van der Waals surface area (Å²) in [5.41, 5.74) is 2.49. The number of thioether (sulfide) groups is 1. The van der Waals surface area contributed by atoms with Crippen LogP contribution in [0.25, 0.3) is 0 Å². The summed E-state index contributed by atoms with van der Waals surface area (Å²) in [7, 11) is 0. The second-order valence-corrected chi connectivity index (χ2v) is 8.44. The van der Waals surface area contributed by atoms with Gasteiger partial charge in [0.1, 0.15) is 17.4 Å². The van der Waals surface area contributed by atoms with Gasteiger partial charge in [0.15, 0.2) is 0 Å². The first-order chi connectivity index (χ1) is 11.8. The lowest BCUT2D eigenvalue weighted by Crippen LogP contribution is -2.02. The van der Waals surface area contributed by atoms with Gasteiger partial charge >= 0.3 is 0 Å². The molecule has 1 aromatic carbocycles. The second kappa shape index (κ2) is 7.37. The Morgan fingerprint density at radius 3 is 2.71 bits per heavy atom. The monoisotopic (exact) mass is 359 g/mol. The normalized spacial score (nSPS) is 18.0. The van der Waals surface area contributed by atoms with Crippen LogP contribution < -0.4 is 4.74 Å². The molecule has 0 saturated heterocycles. The van der Waals surface area contributed by atoms with Gasteiger partial charge in [-0.05, 0) is 55.4 Å². The molecule has 2 aromatic rings. The molecule has 4 heteroatoms. The van der Waals surface area contributed by atoms with Crippen molar-refractivity contribution in [2.24, 2.45) is 0 Å². The van der Waals surface area contributed by atoms with Crippen LogP contribution in [-0.2, 0) is 6.61 Å². The van der Waals surface area contributed by atoms with Crippen LogP contribution >= 0.6 is 23.4 Å². The highest BCUT2D eigenvalue weighted by Gasteiger charge is 2.24. The van der Waals surface area contributed by atoms with Crippen molar-refractivity contribution < 1.29 is 4.74 Å². The van der Waals surface area contributed by atoms with Crippen molar-refractivity contribution in [2.45, 2.75) is 61.3 Å². The fraction of sp³-hybridized carbons (Fsp3) is 0.450. The van der Waals surface area contributed by atoms with Crippen LogP contribution in [-0.4, -0.2) is 10.2 Å². The maximum atomic E-state index is 6.40. The van der Waals surface area contributed by atoms with Crippen LogP contribution in [0.1, 0.15) is 55.6 Å². The quantitative estimate of drug-likeness (QED) is 0.610. The van der Waals surface area contributed by atoms with Gasteiger partial charge in [-0.3, -0.25) is 0 Å². The number of nitrogens with zero attached hydrogens (tertiary/aromatic N) is 1. The molecular weight excluding hydrogens is 338 g/mol. The molecule has 0 aliphatic heterocycles. The maximum Gasteiger partial charge on any atom is 0.138 e. The van der Waals surface area contributed by atoms with E-state index in [0.717, 1.165) is 16.3 Å². The van der Waals surface area contributed by atoms with Crippen molar-refractivity contribution in [1.29, 1.82) is 0 Å². The molecule has 126 valence electrons. The molecule has 2 fully saturated rings. The number of hydrogen-bond acceptors (Lipinski definition) is 3. The molecule has 2 saturated carbocycles. The molecular formula is C20H22ClNOS. The summed E-state index contributed by atoms with van der Waals surface area (Å²) in [4.78, 5) is 4.57. The summed E-state index contributed by atoms with van der Waals surface area (Å²) in [6.07, 6.45) is 9.74. The van der Waals surface area contributed by atoms with E-state index in [9.17, 15) is 0 Å². The van der Waals surface area contributed by atoms with Crippen LogP contribution in [0.2, 0.25) is 5.02 Å². The number of hydrogen-bond donors (Lipinski definition) is 0. The molecule has 1 aromatic heterocycles. The van der Waals surface area contributed by atoms with E-state index in [1.807, 2.05) is 30.1 Å². The second-order valence-electron chi connectivity index (χ2n) is 6.74. The van der Waals surface area contributed by atoms with Crippen molar-refractivity contribution in [3.05, 3.63) is 52.7 Å². The molecule has 0 amide bonds. The number of aromatic nitrogens is 1. The molecule has 0 bridgehead atoms. The molecule has 0 unspecified atom stereocenters. The molecule has 2 aliphatic carbocycles. The van der Waals surface area contributed by atoms with E-state index in [-0.39, 0.29) is 0 Å². The van der Waals surface area contributed by atoms with E-state index < -0.39 is 0 Å². The van der Waals surface area contributed by atoms with E-state index in [1.54, 1.807) is 0 Å². The highest BCUT2D eigenvalue weighted by Crippen LogP contribution is 2.42. The number of benzene rings is 1. The molecule has 2 nitrogen and oxygen atoms in total. The summed E-state index contributed by atoms with van der Waals surface area (Å²) >= 11 is 8.31. The zero-order valence-corrected chi connectivity index (χ0v) is 15.3. The molecule has 0 spiro atoms. The van der Waals surface area contributed by atoms with Gasteiger partial charge < -0.3 is 4.74 Å². The van der Waals surface area contributed by atoms with Crippen LogP contribution in [0, 0.1) is 0 Å². The Morgan fingerprint density at radius 2 is 1.96 bits per heavy atom. The lowest BCUT2D eigenvalue weighted by molar-refractivity contribution is 0.302. The predicted molar refractivity (Wildman–Crippen MR) is 100 cm³/mol. The Balaban J connectivity index is 1.43. The number of halogens is 1. The van der Waals surface area contributed by atoms with Gasteiger partial charge in [-0.1, -0.05) is 36.6 Å². The fourth-order valence-corrected chi connectivity index (χ4v) is 4.79. The van der Waals surface area contributed by atoms with Crippen LogP contribution in [0.4, 0.5) is 0 Å². The Bertz CT molecular complexity index is 711. The highest BCUT2D eigenvalue weighted by molar-refractivity contribution is 7.99. The molecule has 0 atom stereocenters. The SMILES string of the molecule is Clc1cc(C2CC2)ccc1OCc1cccnc1SC1CCCC1. The lowest BCUT2D eigenvalue weighted by Gasteiger charge is -2.14. The topological polar surface area (TPSA) is 22.1 Å². The lowest BCUT2D eigenvalue weighted by atomic mass is 10.1. The molecule has 24 heavy (non-hydrogen) atoms. The molecule has 0 N–H and O–H groups in total. The van der Waals surface area contributed by atoms with E-state index in [4.69, 9.17) is 16.3 Å². The van der Waals surface area contributed by atoms with E-state index in [0.29, 0.717) is 22.8 Å². The minimum absolute atomic E-state index is 0.519. The van der Waals surface area contributed by atoms with Crippen LogP contribution in [0.15, 0.2) is 41.6 Å². The van der Waals surface area contributed by atoms with E-state index in [2.05, 4.69) is 23.2 Å². The van der Waals surface area contributed by atoms with Gasteiger partial charge in [-0.25, -0.2) is 4.98 Å². The Kier molecular flexibility index (Phi) is 5.00. The van der Waals surface area contributed by atoms with Crippen LogP contribution in [0.3, 0.4) is 0 Å². The first kappa shape index (κ1) is 16.3. The van der Waals surface area contributed by atoms with Gasteiger partial charge in [0.05, 0.1) is 5.02 Å². The number of rotatable bonds is 6. The third-order valence-corrected chi connectivity index (χ3v) is 6.51. The van der Waals surface area contributed by atoms with Gasteiger partial charge in [-0.2, -0.15) is 0 Å². The number of pyridine rings is 1. The minimum atomic E-state index is 0.519. The summed E-state index contributed by atoms with van der Waals surface area (Å²) in [6, 6.07) is 10.3. The Morgan fingerprint density at radius 1 is 1.12 bits per heavy atom. The van der Waals surface area contributed by atoms with Crippen molar-refractivity contribution in [2.75, 3.05) is 0 Å². The zero-order chi connectivity index (χ0) is 16.4. The smallest absolute Gasteiger partial charge is 0.138 e. The molecule has 0 radical (unpaired) electrons. The van der Waals surface area contributed by atoms with Crippen molar-refractivity contribution >= 4 is 23.4 Å². The predicted octanol–water partition coefficient (Wildman–Crippen LogP) is 6.23. The standard InChI is InChI=1S/C20H22ClNOS/c21-18-12-15(14-7-8-14)9-10-19(18)23-13-16-4-3-11-22-20(16)24-17-5-1-2-6-17/h3-4,9-12,14,17H,1-2,5-8,13H2. The average Bonchev–Trinajstić information content (AvgIpc) is 3.33. The third-order valence-electron chi connectivity index (χ3n) is 4.82. The Hall–Kier alpha value is -1.19. The Labute approximate surface area is 153 Å². The molecule has 4 rings (SSSR count). The van der Waals surface area contributed by atoms with Crippen LogP contribution in [0.5, 0.6) is 5.75 Å². The number of ether oxygens (including phenoxy) is 1. The summed E-state index contributed by atoms with van der Waals surface area (Å²) < 4.78 is 6.00. The maximum absolute atomic E-state index is 6.40. The van der Waals surface area contributed by atoms with Crippen molar-refractivity contribution in [3.63, 3.8) is 0 Å². The van der Waals surface area contributed by atoms with Crippen molar-refractivity contribution in [3.8, 4) is 5.75 Å². The first-order valence-electron chi connectivity index (χ1n) is 8.82. The molecule has 2 aliphatic rings. The van der Waals surface area contributed by atoms with Gasteiger partial charge in [0.2, 0.25) is 0 Å². The zero-order valence-electron chi connectivity index (χ0n) is 13.7. The summed E-state index contributed by atoms with van der Waals surface area (Å²) in [6.45, 7) is 0.519. The average molecular weight is 360 g/mol. The first-order valence-corrected chi connectivity index (χ1v) is 10.1. The third kappa shape index (κ3) is 3.89. The fourth-order valence-electron chi connectivity index (χ4n) is 3.26. The van der Waals surface area contributed by atoms with E-state index in [1.165, 1.54) is 44.1 Å². The largest absolute Gasteiger partial charge is 0.487 e. The van der Waals surface area contributed by atoms with Crippen molar-refractivity contribution in [1.82, 2.24) is 4.98 Å². The minimum Gasteiger partial charge on any atom is -0.487 e. The molecule has 1 heterocycles. The summed E-state index contributed by atoms with van der Waals surface area (Å²) in [5, 5.41) is 2.53. The van der Waals surface area contributed by atoms with E-state index >= 15 is 0 Å².